The van der Waals surface area contributed by atoms with Crippen LogP contribution in [0.3, 0.4) is 0 Å². The van der Waals surface area contributed by atoms with E-state index in [2.05, 4.69) is 10.2 Å². The molecule has 0 atom stereocenters. The Morgan fingerprint density at radius 1 is 1.24 bits per heavy atom. The van der Waals surface area contributed by atoms with Gasteiger partial charge >= 0.3 is 0 Å². The van der Waals surface area contributed by atoms with Gasteiger partial charge in [-0.25, -0.2) is 8.42 Å². The number of benzene rings is 1. The van der Waals surface area contributed by atoms with Crippen molar-refractivity contribution in [1.29, 1.82) is 0 Å². The van der Waals surface area contributed by atoms with Crippen LogP contribution >= 0.6 is 0 Å². The van der Waals surface area contributed by atoms with Crippen molar-refractivity contribution in [3.8, 4) is 0 Å². The number of fused-ring (bicyclic) bond motifs is 1. The number of nitrogens with zero attached hydrogens (tertiary/aromatic N) is 4. The molecule has 6 nitrogen and oxygen atoms in total. The van der Waals surface area contributed by atoms with Crippen LogP contribution in [0.4, 0.5) is 0 Å². The smallest absolute Gasteiger partial charge is 0.243 e. The van der Waals surface area contributed by atoms with Gasteiger partial charge in [-0.2, -0.15) is 4.31 Å². The van der Waals surface area contributed by atoms with Gasteiger partial charge in [0.2, 0.25) is 10.0 Å². The van der Waals surface area contributed by atoms with E-state index in [1.165, 1.54) is 4.31 Å². The first-order valence-corrected chi connectivity index (χ1v) is 8.36. The van der Waals surface area contributed by atoms with E-state index in [1.54, 1.807) is 31.3 Å². The molecule has 0 amide bonds. The maximum absolute atomic E-state index is 12.5. The zero-order valence-electron chi connectivity index (χ0n) is 12.2. The van der Waals surface area contributed by atoms with E-state index in [9.17, 15) is 8.42 Å². The largest absolute Gasteiger partial charge is 0.314 e. The van der Waals surface area contributed by atoms with Crippen LogP contribution in [0.15, 0.2) is 29.2 Å². The standard InChI is InChI=1S/C14H18N4O2S/c1-11-5-7-12(8-6-11)21(19,20)17(2)10-14-16-15-13-4-3-9-18(13)14/h5-8H,3-4,9-10H2,1-2H3. The molecule has 0 saturated carbocycles. The van der Waals surface area contributed by atoms with Gasteiger partial charge in [0.25, 0.3) is 0 Å². The van der Waals surface area contributed by atoms with Crippen LogP contribution in [0.1, 0.15) is 23.6 Å². The van der Waals surface area contributed by atoms with Gasteiger partial charge in [-0.15, -0.1) is 10.2 Å². The van der Waals surface area contributed by atoms with Crippen molar-refractivity contribution in [2.24, 2.45) is 0 Å². The minimum Gasteiger partial charge on any atom is -0.314 e. The lowest BCUT2D eigenvalue weighted by atomic mass is 10.2. The molecule has 0 radical (unpaired) electrons. The summed E-state index contributed by atoms with van der Waals surface area (Å²) in [6.07, 6.45) is 1.97. The number of aryl methyl sites for hydroxylation is 2. The summed E-state index contributed by atoms with van der Waals surface area (Å²) >= 11 is 0. The molecule has 1 aromatic carbocycles. The Kier molecular flexibility index (Phi) is 3.54. The summed E-state index contributed by atoms with van der Waals surface area (Å²) in [5.74, 6) is 1.66. The second kappa shape index (κ2) is 5.23. The highest BCUT2D eigenvalue weighted by molar-refractivity contribution is 7.89. The normalized spacial score (nSPS) is 14.6. The fourth-order valence-electron chi connectivity index (χ4n) is 2.50. The van der Waals surface area contributed by atoms with Crippen LogP contribution < -0.4 is 0 Å². The quantitative estimate of drug-likeness (QED) is 0.855. The highest BCUT2D eigenvalue weighted by Crippen LogP contribution is 2.19. The van der Waals surface area contributed by atoms with Crippen molar-refractivity contribution in [2.75, 3.05) is 7.05 Å². The van der Waals surface area contributed by atoms with Gasteiger partial charge in [0, 0.05) is 20.0 Å². The summed E-state index contributed by atoms with van der Waals surface area (Å²) < 4.78 is 28.4. The number of sulfonamides is 1. The first-order chi connectivity index (χ1) is 9.98. The molecule has 7 heteroatoms. The molecule has 2 aromatic rings. The van der Waals surface area contributed by atoms with E-state index in [0.29, 0.717) is 10.7 Å². The van der Waals surface area contributed by atoms with E-state index < -0.39 is 10.0 Å². The third kappa shape index (κ3) is 2.58. The maximum atomic E-state index is 12.5. The second-order valence-corrected chi connectivity index (χ2v) is 7.41. The van der Waals surface area contributed by atoms with Crippen molar-refractivity contribution in [3.63, 3.8) is 0 Å². The Morgan fingerprint density at radius 2 is 1.95 bits per heavy atom. The van der Waals surface area contributed by atoms with Gasteiger partial charge in [0.15, 0.2) is 0 Å². The van der Waals surface area contributed by atoms with Gasteiger partial charge in [-0.05, 0) is 25.5 Å². The van der Waals surface area contributed by atoms with Crippen molar-refractivity contribution in [3.05, 3.63) is 41.5 Å². The maximum Gasteiger partial charge on any atom is 0.243 e. The monoisotopic (exact) mass is 306 g/mol. The zero-order chi connectivity index (χ0) is 15.0. The third-order valence-electron chi connectivity index (χ3n) is 3.78. The molecule has 3 rings (SSSR count). The molecule has 0 aliphatic carbocycles. The van der Waals surface area contributed by atoms with Crippen LogP contribution in [-0.4, -0.2) is 34.5 Å². The SMILES string of the molecule is Cc1ccc(S(=O)(=O)N(C)Cc2nnc3n2CCC3)cc1. The molecule has 1 aromatic heterocycles. The molecule has 112 valence electrons. The van der Waals surface area contributed by atoms with E-state index in [-0.39, 0.29) is 6.54 Å². The summed E-state index contributed by atoms with van der Waals surface area (Å²) in [7, 11) is -1.92. The fourth-order valence-corrected chi connectivity index (χ4v) is 3.63. The number of rotatable bonds is 4. The van der Waals surface area contributed by atoms with Gasteiger partial charge in [0.1, 0.15) is 11.6 Å². The van der Waals surface area contributed by atoms with Crippen molar-refractivity contribution < 1.29 is 8.42 Å². The minimum absolute atomic E-state index is 0.239. The Bertz CT molecular complexity index is 750. The Balaban J connectivity index is 1.84. The van der Waals surface area contributed by atoms with Crippen molar-refractivity contribution >= 4 is 10.0 Å². The predicted octanol–water partition coefficient (Wildman–Crippen LogP) is 1.35. The predicted molar refractivity (Wildman–Crippen MR) is 78.2 cm³/mol. The summed E-state index contributed by atoms with van der Waals surface area (Å²) in [6.45, 7) is 3.04. The second-order valence-electron chi connectivity index (χ2n) is 5.36. The Hall–Kier alpha value is -1.73. The lowest BCUT2D eigenvalue weighted by molar-refractivity contribution is 0.447. The van der Waals surface area contributed by atoms with Crippen molar-refractivity contribution in [2.45, 2.75) is 37.8 Å². The summed E-state index contributed by atoms with van der Waals surface area (Å²) in [5, 5.41) is 8.21. The van der Waals surface area contributed by atoms with Crippen LogP contribution in [0, 0.1) is 6.92 Å². The van der Waals surface area contributed by atoms with Crippen LogP contribution in [-0.2, 0) is 29.5 Å². The van der Waals surface area contributed by atoms with Gasteiger partial charge in [0.05, 0.1) is 11.4 Å². The number of hydrogen-bond acceptors (Lipinski definition) is 4. The van der Waals surface area contributed by atoms with Gasteiger partial charge in [-0.1, -0.05) is 17.7 Å². The lowest BCUT2D eigenvalue weighted by Crippen LogP contribution is -2.28. The molecular formula is C14H18N4O2S. The van der Waals surface area contributed by atoms with E-state index in [0.717, 1.165) is 30.8 Å². The summed E-state index contributed by atoms with van der Waals surface area (Å²) in [6, 6.07) is 6.87. The third-order valence-corrected chi connectivity index (χ3v) is 5.60. The molecule has 0 fully saturated rings. The molecule has 0 N–H and O–H groups in total. The van der Waals surface area contributed by atoms with E-state index in [4.69, 9.17) is 0 Å². The number of aromatic nitrogens is 3. The Morgan fingerprint density at radius 3 is 2.67 bits per heavy atom. The van der Waals surface area contributed by atoms with Crippen LogP contribution in [0.5, 0.6) is 0 Å². The molecule has 0 unspecified atom stereocenters. The molecule has 2 heterocycles. The van der Waals surface area contributed by atoms with E-state index in [1.807, 2.05) is 11.5 Å². The van der Waals surface area contributed by atoms with E-state index >= 15 is 0 Å². The molecule has 0 spiro atoms. The van der Waals surface area contributed by atoms with Crippen LogP contribution in [0.2, 0.25) is 0 Å². The average molecular weight is 306 g/mol. The zero-order valence-corrected chi connectivity index (χ0v) is 13.0. The minimum atomic E-state index is -3.50. The molecular weight excluding hydrogens is 288 g/mol. The topological polar surface area (TPSA) is 68.1 Å². The van der Waals surface area contributed by atoms with Crippen molar-refractivity contribution in [1.82, 2.24) is 19.1 Å². The molecule has 0 bridgehead atoms. The van der Waals surface area contributed by atoms with Gasteiger partial charge < -0.3 is 4.57 Å². The molecule has 1 aliphatic rings. The number of hydrogen-bond donors (Lipinski definition) is 0. The highest BCUT2D eigenvalue weighted by atomic mass is 32.2. The first-order valence-electron chi connectivity index (χ1n) is 6.92. The molecule has 0 saturated heterocycles. The average Bonchev–Trinajstić information content (AvgIpc) is 3.04. The Labute approximate surface area is 124 Å². The highest BCUT2D eigenvalue weighted by Gasteiger charge is 2.24. The van der Waals surface area contributed by atoms with Crippen LogP contribution in [0.25, 0.3) is 0 Å². The molecule has 21 heavy (non-hydrogen) atoms. The fraction of sp³-hybridized carbons (Fsp3) is 0.429. The van der Waals surface area contributed by atoms with Gasteiger partial charge in [-0.3, -0.25) is 0 Å². The molecule has 1 aliphatic heterocycles. The first kappa shape index (κ1) is 14.2. The summed E-state index contributed by atoms with van der Waals surface area (Å²) in [4.78, 5) is 0.303. The lowest BCUT2D eigenvalue weighted by Gasteiger charge is -2.17. The summed E-state index contributed by atoms with van der Waals surface area (Å²) in [5.41, 5.74) is 1.03.